The molecule has 4 aromatic carbocycles. The van der Waals surface area contributed by atoms with Crippen molar-refractivity contribution in [2.45, 2.75) is 18.6 Å². The van der Waals surface area contributed by atoms with Gasteiger partial charge in [-0.3, -0.25) is 0 Å². The number of ether oxygens (including phenoxy) is 7. The maximum Gasteiger partial charge on any atom is 0.338 e. The lowest BCUT2D eigenvalue weighted by Crippen LogP contribution is -2.35. The van der Waals surface area contributed by atoms with E-state index >= 15 is 0 Å². The smallest absolute Gasteiger partial charge is 0.338 e. The Balaban J connectivity index is 1.54. The Morgan fingerprint density at radius 1 is 0.791 bits per heavy atom. The molecular formula is C33H32O10. The highest BCUT2D eigenvalue weighted by atomic mass is 16.6. The zero-order valence-electron chi connectivity index (χ0n) is 24.4. The molecule has 0 aliphatic carbocycles. The first-order valence-corrected chi connectivity index (χ1v) is 13.3. The van der Waals surface area contributed by atoms with Crippen LogP contribution in [0.4, 0.5) is 0 Å². The van der Waals surface area contributed by atoms with E-state index < -0.39 is 18.2 Å². The number of hydrogen-bond donors (Lipinski definition) is 2. The van der Waals surface area contributed by atoms with Crippen LogP contribution in [-0.2, 0) is 11.2 Å². The topological polar surface area (TPSA) is 122 Å². The highest BCUT2D eigenvalue weighted by Gasteiger charge is 2.37. The lowest BCUT2D eigenvalue weighted by Gasteiger charge is -2.34. The highest BCUT2D eigenvalue weighted by molar-refractivity contribution is 5.92. The largest absolute Gasteiger partial charge is 0.508 e. The van der Waals surface area contributed by atoms with Crippen LogP contribution in [0, 0.1) is 0 Å². The average Bonchev–Trinajstić information content (AvgIpc) is 3.03. The molecule has 1 aliphatic rings. The van der Waals surface area contributed by atoms with Gasteiger partial charge < -0.3 is 43.4 Å². The molecule has 2 N–H and O–H groups in total. The summed E-state index contributed by atoms with van der Waals surface area (Å²) in [6.07, 6.45) is -1.64. The normalized spacial score (nSPS) is 15.5. The van der Waals surface area contributed by atoms with Gasteiger partial charge in [-0.1, -0.05) is 12.1 Å². The molecule has 1 heterocycles. The summed E-state index contributed by atoms with van der Waals surface area (Å²) in [5, 5.41) is 20.7. The van der Waals surface area contributed by atoms with Crippen molar-refractivity contribution in [3.8, 4) is 57.1 Å². The van der Waals surface area contributed by atoms with Crippen LogP contribution in [-0.4, -0.2) is 57.8 Å². The van der Waals surface area contributed by atoms with Crippen LogP contribution in [0.2, 0.25) is 0 Å². The van der Waals surface area contributed by atoms with Crippen molar-refractivity contribution in [3.63, 3.8) is 0 Å². The number of carbonyl (C=O) groups is 1. The molecule has 0 unspecified atom stereocenters. The number of hydrogen-bond acceptors (Lipinski definition) is 10. The van der Waals surface area contributed by atoms with Crippen molar-refractivity contribution in [1.82, 2.24) is 0 Å². The summed E-state index contributed by atoms with van der Waals surface area (Å²) in [5.41, 5.74) is 2.71. The molecule has 2 atom stereocenters. The third kappa shape index (κ3) is 5.76. The Kier molecular flexibility index (Phi) is 8.38. The Morgan fingerprint density at radius 2 is 1.51 bits per heavy atom. The van der Waals surface area contributed by atoms with E-state index in [0.717, 1.165) is 5.56 Å². The van der Waals surface area contributed by atoms with Gasteiger partial charge in [0.2, 0.25) is 5.75 Å². The third-order valence-corrected chi connectivity index (χ3v) is 7.26. The van der Waals surface area contributed by atoms with Crippen molar-refractivity contribution in [2.75, 3.05) is 35.5 Å². The number of carbonyl (C=O) groups excluding carboxylic acids is 1. The summed E-state index contributed by atoms with van der Waals surface area (Å²) in [6.45, 7) is 0. The minimum Gasteiger partial charge on any atom is -0.508 e. The summed E-state index contributed by atoms with van der Waals surface area (Å²) >= 11 is 0. The van der Waals surface area contributed by atoms with E-state index in [0.29, 0.717) is 45.4 Å². The quantitative estimate of drug-likeness (QED) is 0.235. The minimum absolute atomic E-state index is 0.105. The summed E-state index contributed by atoms with van der Waals surface area (Å²) in [7, 11) is 7.63. The van der Waals surface area contributed by atoms with Crippen LogP contribution in [0.5, 0.6) is 46.0 Å². The van der Waals surface area contributed by atoms with Crippen molar-refractivity contribution >= 4 is 5.97 Å². The second-order valence-electron chi connectivity index (χ2n) is 9.73. The molecule has 0 bridgehead atoms. The molecule has 5 rings (SSSR count). The van der Waals surface area contributed by atoms with Gasteiger partial charge in [-0.15, -0.1) is 0 Å². The predicted molar refractivity (Wildman–Crippen MR) is 157 cm³/mol. The van der Waals surface area contributed by atoms with Crippen LogP contribution in [0.15, 0.2) is 66.7 Å². The zero-order valence-corrected chi connectivity index (χ0v) is 24.4. The van der Waals surface area contributed by atoms with Gasteiger partial charge in [0.05, 0.1) is 41.1 Å². The van der Waals surface area contributed by atoms with Gasteiger partial charge in [-0.05, 0) is 48.0 Å². The van der Waals surface area contributed by atoms with Gasteiger partial charge >= 0.3 is 5.97 Å². The van der Waals surface area contributed by atoms with E-state index in [1.54, 1.807) is 44.6 Å². The number of phenols is 2. The maximum atomic E-state index is 13.7. The van der Waals surface area contributed by atoms with E-state index in [2.05, 4.69) is 0 Å². The van der Waals surface area contributed by atoms with Crippen LogP contribution in [0.1, 0.15) is 27.6 Å². The second-order valence-corrected chi connectivity index (χ2v) is 9.73. The fraction of sp³-hybridized carbons (Fsp3) is 0.242. The lowest BCUT2D eigenvalue weighted by atomic mass is 9.93. The molecule has 0 fully saturated rings. The Labute approximate surface area is 248 Å². The number of methoxy groups -OCH3 is 5. The number of phenolic OH excluding ortho intramolecular Hbond substituents is 2. The molecule has 0 saturated heterocycles. The standard InChI is InChI=1S/C33H32O10/c1-37-22-8-6-7-18(11-22)23-12-19(9-10-26(23)38-2)33(36)43-30-17-24-25(35)15-21(34)16-27(24)42-31(30)20-13-28(39-3)32(41-5)29(14-20)40-4/h6-16,30-31,34-35H,17H2,1-5H3/t30-,31-/m1/s1. The van der Waals surface area contributed by atoms with Crippen LogP contribution in [0.25, 0.3) is 11.1 Å². The molecule has 0 spiro atoms. The highest BCUT2D eigenvalue weighted by Crippen LogP contribution is 2.46. The molecule has 10 heteroatoms. The number of fused-ring (bicyclic) bond motifs is 1. The molecular weight excluding hydrogens is 556 g/mol. The predicted octanol–water partition coefficient (Wildman–Crippen LogP) is 5.71. The van der Waals surface area contributed by atoms with Gasteiger partial charge in [0.15, 0.2) is 17.6 Å². The molecule has 4 aromatic rings. The minimum atomic E-state index is -0.888. The number of benzene rings is 4. The van der Waals surface area contributed by atoms with E-state index in [1.807, 2.05) is 24.3 Å². The number of aromatic hydroxyl groups is 2. The maximum absolute atomic E-state index is 13.7. The van der Waals surface area contributed by atoms with Gasteiger partial charge in [0.1, 0.15) is 34.9 Å². The van der Waals surface area contributed by atoms with Gasteiger partial charge in [0.25, 0.3) is 0 Å². The van der Waals surface area contributed by atoms with Crippen LogP contribution < -0.4 is 28.4 Å². The van der Waals surface area contributed by atoms with E-state index in [4.69, 9.17) is 33.2 Å². The van der Waals surface area contributed by atoms with E-state index in [-0.39, 0.29) is 29.2 Å². The molecule has 0 radical (unpaired) electrons. The zero-order chi connectivity index (χ0) is 30.7. The van der Waals surface area contributed by atoms with Crippen LogP contribution in [0.3, 0.4) is 0 Å². The Hall–Kier alpha value is -5.25. The Morgan fingerprint density at radius 3 is 2.16 bits per heavy atom. The monoisotopic (exact) mass is 588 g/mol. The molecule has 0 amide bonds. The van der Waals surface area contributed by atoms with Crippen LogP contribution >= 0.6 is 0 Å². The fourth-order valence-corrected chi connectivity index (χ4v) is 5.16. The van der Waals surface area contributed by atoms with Crippen molar-refractivity contribution in [1.29, 1.82) is 0 Å². The summed E-state index contributed by atoms with van der Waals surface area (Å²) in [5.74, 6) is 1.68. The SMILES string of the molecule is COc1cccc(-c2cc(C(=O)O[C@@H]3Cc4c(O)cc(O)cc4O[C@@H]3c3cc(OC)c(OC)c(OC)c3)ccc2OC)c1. The molecule has 10 nitrogen and oxygen atoms in total. The molecule has 1 aliphatic heterocycles. The number of esters is 1. The lowest BCUT2D eigenvalue weighted by molar-refractivity contribution is -0.0189. The summed E-state index contributed by atoms with van der Waals surface area (Å²) < 4.78 is 39.8. The molecule has 0 aromatic heterocycles. The first-order valence-electron chi connectivity index (χ1n) is 13.3. The first-order chi connectivity index (χ1) is 20.8. The van der Waals surface area contributed by atoms with Gasteiger partial charge in [0, 0.05) is 35.2 Å². The van der Waals surface area contributed by atoms with Crippen molar-refractivity contribution in [2.24, 2.45) is 0 Å². The third-order valence-electron chi connectivity index (χ3n) is 7.26. The summed E-state index contributed by atoms with van der Waals surface area (Å²) in [4.78, 5) is 13.7. The molecule has 43 heavy (non-hydrogen) atoms. The summed E-state index contributed by atoms with van der Waals surface area (Å²) in [6, 6.07) is 18.4. The Bertz CT molecular complexity index is 1620. The van der Waals surface area contributed by atoms with Gasteiger partial charge in [-0.25, -0.2) is 4.79 Å². The van der Waals surface area contributed by atoms with Crippen molar-refractivity contribution in [3.05, 3.63) is 83.4 Å². The first kappa shape index (κ1) is 29.2. The molecule has 0 saturated carbocycles. The average molecular weight is 589 g/mol. The number of rotatable bonds is 9. The van der Waals surface area contributed by atoms with Crippen molar-refractivity contribution < 1.29 is 48.2 Å². The van der Waals surface area contributed by atoms with E-state index in [9.17, 15) is 15.0 Å². The second kappa shape index (κ2) is 12.3. The fourth-order valence-electron chi connectivity index (χ4n) is 5.16. The van der Waals surface area contributed by atoms with E-state index in [1.165, 1.54) is 33.5 Å². The van der Waals surface area contributed by atoms with Gasteiger partial charge in [-0.2, -0.15) is 0 Å². The molecule has 224 valence electrons.